The molecule has 13 nitrogen and oxygen atoms in total. The second-order valence-corrected chi connectivity index (χ2v) is 15.5. The Balaban J connectivity index is 1.18. The summed E-state index contributed by atoms with van der Waals surface area (Å²) in [5, 5.41) is 6.69. The van der Waals surface area contributed by atoms with E-state index in [1.807, 2.05) is 77.9 Å². The lowest BCUT2D eigenvalue weighted by Gasteiger charge is -2.32. The highest BCUT2D eigenvalue weighted by molar-refractivity contribution is 6.17. The fourth-order valence-corrected chi connectivity index (χ4v) is 7.15. The number of aryl methyl sites for hydroxylation is 1. The zero-order valence-corrected chi connectivity index (χ0v) is 31.2. The molecule has 1 fully saturated rings. The Morgan fingerprint density at radius 3 is 2.28 bits per heavy atom. The average Bonchev–Trinajstić information content (AvgIpc) is 3.64. The highest BCUT2D eigenvalue weighted by atomic mass is 16.6. The molecule has 3 amide bonds. The van der Waals surface area contributed by atoms with E-state index in [1.165, 1.54) is 4.90 Å². The van der Waals surface area contributed by atoms with Gasteiger partial charge in [0.2, 0.25) is 5.91 Å². The standard InChI is InChI=1S/C40H49N7O6/c1-22(2)47-36(49)30-17-23(3)29(20-33(30)45-47)26-11-7-24(8-12-26)18-31(41)37(50)46(28-15-16-32-34(19-28)44-38(51)43-32)35(48)27-13-9-25(10-14-27)21-42-39(52)53-40(4,5)6/h7-8,11-12,15-17,19-20,22,25,27,31,45H,9-10,13-14,18,21,41H2,1-6H3,(H,42,52)(H2,43,44,51)/t25?,27?,31-/m0/s1. The number of nitrogens with one attached hydrogen (secondary N) is 4. The largest absolute Gasteiger partial charge is 0.444 e. The number of H-pyrrole nitrogens is 3. The summed E-state index contributed by atoms with van der Waals surface area (Å²) in [6.07, 6.45) is 2.21. The molecule has 0 spiro atoms. The van der Waals surface area contributed by atoms with E-state index in [0.717, 1.165) is 27.8 Å². The molecular weight excluding hydrogens is 674 g/mol. The minimum Gasteiger partial charge on any atom is -0.444 e. The molecule has 0 radical (unpaired) electrons. The lowest BCUT2D eigenvalue weighted by molar-refractivity contribution is -0.130. The minimum atomic E-state index is -1.03. The van der Waals surface area contributed by atoms with Gasteiger partial charge in [-0.1, -0.05) is 24.3 Å². The van der Waals surface area contributed by atoms with Crippen molar-refractivity contribution in [3.8, 4) is 11.1 Å². The third kappa shape index (κ3) is 8.30. The van der Waals surface area contributed by atoms with Crippen molar-refractivity contribution in [3.05, 3.63) is 86.6 Å². The molecule has 280 valence electrons. The van der Waals surface area contributed by atoms with Crippen molar-refractivity contribution in [2.24, 2.45) is 17.6 Å². The number of hydrogen-bond donors (Lipinski definition) is 5. The Morgan fingerprint density at radius 2 is 1.62 bits per heavy atom. The van der Waals surface area contributed by atoms with Crippen molar-refractivity contribution in [1.29, 1.82) is 0 Å². The highest BCUT2D eigenvalue weighted by Crippen LogP contribution is 2.33. The third-order valence-electron chi connectivity index (χ3n) is 9.94. The molecule has 1 aliphatic carbocycles. The summed E-state index contributed by atoms with van der Waals surface area (Å²) in [7, 11) is 0. The van der Waals surface area contributed by atoms with Crippen LogP contribution in [0.4, 0.5) is 10.5 Å². The van der Waals surface area contributed by atoms with Crippen LogP contribution in [-0.4, -0.2) is 55.8 Å². The predicted molar refractivity (Wildman–Crippen MR) is 206 cm³/mol. The number of aromatic amines is 3. The van der Waals surface area contributed by atoms with E-state index >= 15 is 0 Å². The second-order valence-electron chi connectivity index (χ2n) is 15.5. The van der Waals surface area contributed by atoms with E-state index in [4.69, 9.17) is 10.5 Å². The maximum absolute atomic E-state index is 14.2. The Morgan fingerprint density at radius 1 is 0.943 bits per heavy atom. The summed E-state index contributed by atoms with van der Waals surface area (Å²) >= 11 is 0. The molecule has 3 aromatic carbocycles. The number of carbonyl (C=O) groups excluding carboxylic acids is 3. The monoisotopic (exact) mass is 723 g/mol. The van der Waals surface area contributed by atoms with Crippen LogP contribution >= 0.6 is 0 Å². The molecule has 0 aliphatic heterocycles. The Kier molecular flexibility index (Phi) is 10.5. The fraction of sp³-hybridized carbons (Fsp3) is 0.425. The van der Waals surface area contributed by atoms with Crippen molar-refractivity contribution in [1.82, 2.24) is 25.1 Å². The van der Waals surface area contributed by atoms with Crippen molar-refractivity contribution in [2.45, 2.75) is 91.3 Å². The number of hydrogen-bond acceptors (Lipinski definition) is 7. The molecule has 53 heavy (non-hydrogen) atoms. The van der Waals surface area contributed by atoms with Gasteiger partial charge in [-0.3, -0.25) is 19.5 Å². The number of nitrogens with two attached hydrogens (primary N) is 1. The number of aromatic nitrogens is 4. The maximum atomic E-state index is 14.2. The summed E-state index contributed by atoms with van der Waals surface area (Å²) in [5.74, 6) is -1.12. The lowest BCUT2D eigenvalue weighted by atomic mass is 9.81. The first kappa shape index (κ1) is 37.3. The number of carbonyl (C=O) groups is 3. The summed E-state index contributed by atoms with van der Waals surface area (Å²) in [6.45, 7) is 11.8. The van der Waals surface area contributed by atoms with Gasteiger partial charge in [0.05, 0.1) is 33.7 Å². The fourth-order valence-electron chi connectivity index (χ4n) is 7.15. The molecule has 2 heterocycles. The van der Waals surface area contributed by atoms with Crippen LogP contribution in [0.1, 0.15) is 77.5 Å². The van der Waals surface area contributed by atoms with Crippen LogP contribution < -0.4 is 27.2 Å². The Labute approximate surface area is 307 Å². The number of alkyl carbamates (subject to hydrolysis) is 1. The van der Waals surface area contributed by atoms with Gasteiger partial charge in [0, 0.05) is 18.5 Å². The molecule has 0 saturated heterocycles. The summed E-state index contributed by atoms with van der Waals surface area (Å²) in [5.41, 5.74) is 11.4. The van der Waals surface area contributed by atoms with Gasteiger partial charge in [-0.05, 0) is 132 Å². The van der Waals surface area contributed by atoms with Crippen LogP contribution in [0.15, 0.2) is 64.2 Å². The minimum absolute atomic E-state index is 0.00599. The number of anilines is 1. The van der Waals surface area contributed by atoms with Crippen molar-refractivity contribution in [2.75, 3.05) is 11.4 Å². The average molecular weight is 724 g/mol. The number of nitrogens with zero attached hydrogens (tertiary/aromatic N) is 2. The van der Waals surface area contributed by atoms with Gasteiger partial charge in [-0.2, -0.15) is 0 Å². The van der Waals surface area contributed by atoms with Crippen LogP contribution in [0.3, 0.4) is 0 Å². The Bertz CT molecular complexity index is 2260. The van der Waals surface area contributed by atoms with E-state index in [-0.39, 0.29) is 29.8 Å². The van der Waals surface area contributed by atoms with E-state index in [0.29, 0.717) is 54.3 Å². The van der Waals surface area contributed by atoms with E-state index in [1.54, 1.807) is 22.9 Å². The van der Waals surface area contributed by atoms with Crippen LogP contribution in [0, 0.1) is 18.8 Å². The van der Waals surface area contributed by atoms with E-state index in [9.17, 15) is 24.0 Å². The Hall–Kier alpha value is -5.43. The summed E-state index contributed by atoms with van der Waals surface area (Å²) in [6, 6.07) is 15.6. The van der Waals surface area contributed by atoms with E-state index < -0.39 is 35.3 Å². The molecule has 1 atom stereocenters. The normalized spacial score (nSPS) is 16.9. The molecule has 0 unspecified atom stereocenters. The van der Waals surface area contributed by atoms with Crippen molar-refractivity contribution < 1.29 is 19.1 Å². The highest BCUT2D eigenvalue weighted by Gasteiger charge is 2.35. The number of amides is 3. The number of ether oxygens (including phenoxy) is 1. The topological polar surface area (TPSA) is 188 Å². The van der Waals surface area contributed by atoms with Gasteiger partial charge in [-0.15, -0.1) is 0 Å². The zero-order chi connectivity index (χ0) is 38.2. The molecule has 0 bridgehead atoms. The van der Waals surface area contributed by atoms with Gasteiger partial charge >= 0.3 is 11.8 Å². The van der Waals surface area contributed by atoms with Crippen LogP contribution in [0.2, 0.25) is 0 Å². The quantitative estimate of drug-likeness (QED) is 0.127. The maximum Gasteiger partial charge on any atom is 0.407 e. The van der Waals surface area contributed by atoms with Gasteiger partial charge in [0.15, 0.2) is 0 Å². The number of imide groups is 1. The third-order valence-corrected chi connectivity index (χ3v) is 9.94. The summed E-state index contributed by atoms with van der Waals surface area (Å²) in [4.78, 5) is 72.0. The first-order chi connectivity index (χ1) is 25.1. The van der Waals surface area contributed by atoms with Crippen molar-refractivity contribution >= 4 is 45.5 Å². The first-order valence-corrected chi connectivity index (χ1v) is 18.2. The second kappa shape index (κ2) is 14.9. The zero-order valence-electron chi connectivity index (χ0n) is 31.2. The number of rotatable bonds is 9. The molecule has 5 aromatic rings. The molecule has 13 heteroatoms. The smallest absolute Gasteiger partial charge is 0.407 e. The van der Waals surface area contributed by atoms with Gasteiger partial charge in [-0.25, -0.2) is 19.2 Å². The lowest BCUT2D eigenvalue weighted by Crippen LogP contribution is -2.50. The van der Waals surface area contributed by atoms with Gasteiger partial charge < -0.3 is 25.8 Å². The molecule has 6 N–H and O–H groups in total. The molecule has 6 rings (SSSR count). The van der Waals surface area contributed by atoms with Gasteiger partial charge in [0.1, 0.15) is 5.60 Å². The SMILES string of the molecule is Cc1cc2c(=O)n(C(C)C)[nH]c2cc1-c1ccc(C[C@H](N)C(=O)N(C(=O)C2CCC(CNC(=O)OC(C)(C)C)CC2)c2ccc3[nH]c(=O)[nH]c3c2)cc1. The molecule has 1 aliphatic rings. The first-order valence-electron chi connectivity index (χ1n) is 18.2. The number of benzene rings is 3. The van der Waals surface area contributed by atoms with Crippen LogP contribution in [-0.2, 0) is 20.7 Å². The molecule has 1 saturated carbocycles. The summed E-state index contributed by atoms with van der Waals surface area (Å²) < 4.78 is 6.97. The molecular formula is C40H49N7O6. The van der Waals surface area contributed by atoms with Crippen molar-refractivity contribution in [3.63, 3.8) is 0 Å². The predicted octanol–water partition coefficient (Wildman–Crippen LogP) is 5.82. The number of fused-ring (bicyclic) bond motifs is 2. The number of imidazole rings is 1. The van der Waals surface area contributed by atoms with E-state index in [2.05, 4.69) is 20.4 Å². The van der Waals surface area contributed by atoms with Crippen LogP contribution in [0.5, 0.6) is 0 Å². The van der Waals surface area contributed by atoms with Crippen LogP contribution in [0.25, 0.3) is 33.1 Å². The molecule has 2 aromatic heterocycles. The van der Waals surface area contributed by atoms with Gasteiger partial charge in [0.25, 0.3) is 11.5 Å².